The van der Waals surface area contributed by atoms with Gasteiger partial charge in [0.1, 0.15) is 11.4 Å². The molecule has 0 saturated carbocycles. The summed E-state index contributed by atoms with van der Waals surface area (Å²) >= 11 is 0. The maximum atomic E-state index is 5.88. The third kappa shape index (κ3) is 2.28. The summed E-state index contributed by atoms with van der Waals surface area (Å²) in [7, 11) is 0. The van der Waals surface area contributed by atoms with Gasteiger partial charge in [-0.3, -0.25) is 0 Å². The monoisotopic (exact) mass is 265 g/mol. The van der Waals surface area contributed by atoms with Gasteiger partial charge in [-0.1, -0.05) is 18.2 Å². The third-order valence-electron chi connectivity index (χ3n) is 3.12. The molecule has 1 heterocycles. The molecule has 0 spiro atoms. The van der Waals surface area contributed by atoms with Gasteiger partial charge in [-0.15, -0.1) is 0 Å². The van der Waals surface area contributed by atoms with Crippen molar-refractivity contribution in [2.45, 2.75) is 13.8 Å². The van der Waals surface area contributed by atoms with E-state index < -0.39 is 0 Å². The van der Waals surface area contributed by atoms with E-state index in [1.807, 2.05) is 50.2 Å². The molecule has 4 nitrogen and oxygen atoms in total. The van der Waals surface area contributed by atoms with Crippen LogP contribution in [-0.4, -0.2) is 9.97 Å². The molecule has 3 aromatic rings. The van der Waals surface area contributed by atoms with Crippen LogP contribution < -0.4 is 10.5 Å². The van der Waals surface area contributed by atoms with Gasteiger partial charge in [0.2, 0.25) is 5.88 Å². The van der Waals surface area contributed by atoms with E-state index in [1.54, 1.807) is 6.07 Å². The van der Waals surface area contributed by atoms with Crippen molar-refractivity contribution in [3.05, 3.63) is 53.7 Å². The number of fused-ring (bicyclic) bond motifs is 1. The van der Waals surface area contributed by atoms with Crippen LogP contribution >= 0.6 is 0 Å². The van der Waals surface area contributed by atoms with E-state index >= 15 is 0 Å². The molecular formula is C16H15N3O. The summed E-state index contributed by atoms with van der Waals surface area (Å²) in [6.45, 7) is 3.86. The van der Waals surface area contributed by atoms with Crippen molar-refractivity contribution in [1.82, 2.24) is 9.97 Å². The molecule has 0 fully saturated rings. The van der Waals surface area contributed by atoms with Crippen LogP contribution in [0.5, 0.6) is 11.6 Å². The van der Waals surface area contributed by atoms with Gasteiger partial charge in [0.15, 0.2) is 0 Å². The van der Waals surface area contributed by atoms with Crippen molar-refractivity contribution in [1.29, 1.82) is 0 Å². The molecule has 2 N–H and O–H groups in total. The molecule has 0 aliphatic rings. The fraction of sp³-hybridized carbons (Fsp3) is 0.125. The average molecular weight is 265 g/mol. The largest absolute Gasteiger partial charge is 0.437 e. The Balaban J connectivity index is 2.06. The number of hydrogen-bond donors (Lipinski definition) is 1. The van der Waals surface area contributed by atoms with Crippen LogP contribution in [0.1, 0.15) is 11.3 Å². The molecule has 0 saturated heterocycles. The second-order valence-electron chi connectivity index (χ2n) is 4.73. The minimum atomic E-state index is 0.511. The molecule has 0 bridgehead atoms. The summed E-state index contributed by atoms with van der Waals surface area (Å²) in [5.74, 6) is 1.22. The van der Waals surface area contributed by atoms with Crippen LogP contribution in [0.2, 0.25) is 0 Å². The number of anilines is 1. The zero-order valence-corrected chi connectivity index (χ0v) is 11.4. The summed E-state index contributed by atoms with van der Waals surface area (Å²) in [4.78, 5) is 9.02. The van der Waals surface area contributed by atoms with Gasteiger partial charge in [-0.05, 0) is 37.6 Å². The van der Waals surface area contributed by atoms with Crippen molar-refractivity contribution < 1.29 is 4.74 Å². The quantitative estimate of drug-likeness (QED) is 0.719. The molecule has 1 aromatic heterocycles. The van der Waals surface area contributed by atoms with Crippen LogP contribution in [0, 0.1) is 13.8 Å². The standard InChI is InChI=1S/C16H15N3O/c1-10-7-8-12(17)9-15(10)20-16-11(2)18-13-5-3-4-6-14(13)19-16/h3-9H,17H2,1-2H3. The van der Waals surface area contributed by atoms with Crippen molar-refractivity contribution in [2.75, 3.05) is 5.73 Å². The summed E-state index contributed by atoms with van der Waals surface area (Å²) in [5.41, 5.74) is 9.90. The van der Waals surface area contributed by atoms with Crippen LogP contribution in [0.25, 0.3) is 11.0 Å². The van der Waals surface area contributed by atoms with Crippen molar-refractivity contribution >= 4 is 16.7 Å². The predicted octanol–water partition coefficient (Wildman–Crippen LogP) is 3.62. The lowest BCUT2D eigenvalue weighted by molar-refractivity contribution is 0.455. The maximum Gasteiger partial charge on any atom is 0.241 e. The van der Waals surface area contributed by atoms with Gasteiger partial charge < -0.3 is 10.5 Å². The first-order valence-electron chi connectivity index (χ1n) is 6.41. The van der Waals surface area contributed by atoms with Crippen LogP contribution in [-0.2, 0) is 0 Å². The highest BCUT2D eigenvalue weighted by molar-refractivity contribution is 5.74. The van der Waals surface area contributed by atoms with Gasteiger partial charge in [-0.25, -0.2) is 9.97 Å². The number of rotatable bonds is 2. The van der Waals surface area contributed by atoms with Crippen LogP contribution in [0.3, 0.4) is 0 Å². The molecule has 100 valence electrons. The summed E-state index contributed by atoms with van der Waals surface area (Å²) in [6, 6.07) is 13.3. The zero-order chi connectivity index (χ0) is 14.1. The molecule has 0 amide bonds. The summed E-state index contributed by atoms with van der Waals surface area (Å²) in [5, 5.41) is 0. The molecular weight excluding hydrogens is 250 g/mol. The molecule has 0 unspecified atom stereocenters. The fourth-order valence-electron chi connectivity index (χ4n) is 2.00. The Labute approximate surface area is 117 Å². The van der Waals surface area contributed by atoms with Gasteiger partial charge >= 0.3 is 0 Å². The number of ether oxygens (including phenoxy) is 1. The SMILES string of the molecule is Cc1ccc(N)cc1Oc1nc2ccccc2nc1C. The minimum absolute atomic E-state index is 0.511. The molecule has 4 heteroatoms. The smallest absolute Gasteiger partial charge is 0.241 e. The number of nitrogens with zero attached hydrogens (tertiary/aromatic N) is 2. The van der Waals surface area contributed by atoms with Crippen molar-refractivity contribution in [3.8, 4) is 11.6 Å². The molecule has 2 aromatic carbocycles. The Morgan fingerprint density at radius 1 is 0.950 bits per heavy atom. The van der Waals surface area contributed by atoms with Gasteiger partial charge in [0.05, 0.1) is 11.0 Å². The van der Waals surface area contributed by atoms with Crippen molar-refractivity contribution in [2.24, 2.45) is 0 Å². The Bertz CT molecular complexity index is 784. The van der Waals surface area contributed by atoms with E-state index in [-0.39, 0.29) is 0 Å². The average Bonchev–Trinajstić information content (AvgIpc) is 2.43. The number of nitrogen functional groups attached to an aromatic ring is 1. The Morgan fingerprint density at radius 2 is 1.65 bits per heavy atom. The van der Waals surface area contributed by atoms with Gasteiger partial charge in [-0.2, -0.15) is 0 Å². The summed E-state index contributed by atoms with van der Waals surface area (Å²) in [6.07, 6.45) is 0. The van der Waals surface area contributed by atoms with Crippen LogP contribution in [0.4, 0.5) is 5.69 Å². The van der Waals surface area contributed by atoms with E-state index in [1.165, 1.54) is 0 Å². The molecule has 0 radical (unpaired) electrons. The third-order valence-corrected chi connectivity index (χ3v) is 3.12. The fourth-order valence-corrected chi connectivity index (χ4v) is 2.00. The number of benzene rings is 2. The summed E-state index contributed by atoms with van der Waals surface area (Å²) < 4.78 is 5.88. The normalized spacial score (nSPS) is 10.7. The number of aromatic nitrogens is 2. The Morgan fingerprint density at radius 3 is 2.40 bits per heavy atom. The highest BCUT2D eigenvalue weighted by Crippen LogP contribution is 2.28. The second kappa shape index (κ2) is 4.81. The predicted molar refractivity (Wildman–Crippen MR) is 79.9 cm³/mol. The van der Waals surface area contributed by atoms with Gasteiger partial charge in [0.25, 0.3) is 0 Å². The number of aryl methyl sites for hydroxylation is 2. The van der Waals surface area contributed by atoms with E-state index in [9.17, 15) is 0 Å². The first-order valence-corrected chi connectivity index (χ1v) is 6.41. The van der Waals surface area contributed by atoms with E-state index in [4.69, 9.17) is 10.5 Å². The molecule has 20 heavy (non-hydrogen) atoms. The second-order valence-corrected chi connectivity index (χ2v) is 4.73. The molecule has 0 aliphatic heterocycles. The lowest BCUT2D eigenvalue weighted by Crippen LogP contribution is -1.97. The van der Waals surface area contributed by atoms with Crippen molar-refractivity contribution in [3.63, 3.8) is 0 Å². The lowest BCUT2D eigenvalue weighted by Gasteiger charge is -2.11. The molecule has 0 aliphatic carbocycles. The molecule has 3 rings (SSSR count). The maximum absolute atomic E-state index is 5.88. The lowest BCUT2D eigenvalue weighted by atomic mass is 10.2. The number of para-hydroxylation sites is 2. The number of nitrogens with two attached hydrogens (primary N) is 1. The highest BCUT2D eigenvalue weighted by Gasteiger charge is 2.09. The first kappa shape index (κ1) is 12.4. The van der Waals surface area contributed by atoms with E-state index in [0.717, 1.165) is 22.3 Å². The van der Waals surface area contributed by atoms with E-state index in [2.05, 4.69) is 9.97 Å². The van der Waals surface area contributed by atoms with Crippen LogP contribution in [0.15, 0.2) is 42.5 Å². The topological polar surface area (TPSA) is 61.0 Å². The Hall–Kier alpha value is -2.62. The van der Waals surface area contributed by atoms with Gasteiger partial charge in [0, 0.05) is 11.8 Å². The van der Waals surface area contributed by atoms with E-state index in [0.29, 0.717) is 17.3 Å². The zero-order valence-electron chi connectivity index (χ0n) is 11.4. The number of hydrogen-bond acceptors (Lipinski definition) is 4. The molecule has 0 atom stereocenters. The minimum Gasteiger partial charge on any atom is -0.437 e. The highest BCUT2D eigenvalue weighted by atomic mass is 16.5. The first-order chi connectivity index (χ1) is 9.63. The Kier molecular flexibility index (Phi) is 2.99.